The van der Waals surface area contributed by atoms with Gasteiger partial charge in [0, 0.05) is 7.05 Å². The van der Waals surface area contributed by atoms with E-state index in [2.05, 4.69) is 10.4 Å². The third kappa shape index (κ3) is 3.91. The zero-order valence-corrected chi connectivity index (χ0v) is 8.95. The van der Waals surface area contributed by atoms with E-state index >= 15 is 0 Å². The van der Waals surface area contributed by atoms with Crippen LogP contribution < -0.4 is 11.3 Å². The molecule has 0 radical (unpaired) electrons. The van der Waals surface area contributed by atoms with E-state index in [4.69, 9.17) is 5.84 Å². The van der Waals surface area contributed by atoms with Crippen LogP contribution >= 0.6 is 0 Å². The van der Waals surface area contributed by atoms with Crippen molar-refractivity contribution < 1.29 is 18.0 Å². The van der Waals surface area contributed by atoms with E-state index in [9.17, 15) is 18.0 Å². The number of hydrazine groups is 1. The van der Waals surface area contributed by atoms with Crippen molar-refractivity contribution in [1.82, 2.24) is 9.88 Å². The summed E-state index contributed by atoms with van der Waals surface area (Å²) in [5, 5.41) is 0. The third-order valence-corrected chi connectivity index (χ3v) is 1.91. The zero-order chi connectivity index (χ0) is 13.1. The summed E-state index contributed by atoms with van der Waals surface area (Å²) in [6, 6.07) is 2.74. The van der Waals surface area contributed by atoms with Gasteiger partial charge in [-0.15, -0.1) is 0 Å². The van der Waals surface area contributed by atoms with Crippen LogP contribution in [0.1, 0.15) is 10.5 Å². The lowest BCUT2D eigenvalue weighted by atomic mass is 10.3. The lowest BCUT2D eigenvalue weighted by Crippen LogP contribution is -2.36. The summed E-state index contributed by atoms with van der Waals surface area (Å²) >= 11 is 0. The summed E-state index contributed by atoms with van der Waals surface area (Å²) in [7, 11) is 1.06. The van der Waals surface area contributed by atoms with E-state index in [-0.39, 0.29) is 5.69 Å². The summed E-state index contributed by atoms with van der Waals surface area (Å²) in [4.78, 5) is 15.8. The van der Waals surface area contributed by atoms with E-state index in [1.165, 1.54) is 18.3 Å². The van der Waals surface area contributed by atoms with E-state index in [1.807, 2.05) is 0 Å². The quantitative estimate of drug-likeness (QED) is 0.618. The number of rotatable bonds is 3. The van der Waals surface area contributed by atoms with Gasteiger partial charge in [0.1, 0.15) is 12.2 Å². The molecule has 3 N–H and O–H groups in total. The average molecular weight is 248 g/mol. The first-order valence-electron chi connectivity index (χ1n) is 4.58. The van der Waals surface area contributed by atoms with Gasteiger partial charge in [-0.05, 0) is 12.1 Å². The number of nitrogens with two attached hydrogens (primary N) is 1. The first kappa shape index (κ1) is 13.2. The number of halogens is 3. The highest BCUT2D eigenvalue weighted by Crippen LogP contribution is 2.16. The number of nitrogens with zero attached hydrogens (tertiary/aromatic N) is 2. The van der Waals surface area contributed by atoms with Crippen molar-refractivity contribution in [3.05, 3.63) is 24.0 Å². The number of hydrogen-bond donors (Lipinski definition) is 2. The van der Waals surface area contributed by atoms with Gasteiger partial charge in [0.2, 0.25) is 0 Å². The molecular weight excluding hydrogens is 237 g/mol. The molecule has 0 aliphatic rings. The first-order chi connectivity index (χ1) is 7.83. The molecule has 0 atom stereocenters. The maximum absolute atomic E-state index is 12.1. The Morgan fingerprint density at radius 1 is 1.53 bits per heavy atom. The molecule has 0 aliphatic carbocycles. The van der Waals surface area contributed by atoms with Gasteiger partial charge in [-0.1, -0.05) is 0 Å². The summed E-state index contributed by atoms with van der Waals surface area (Å²) < 4.78 is 36.2. The van der Waals surface area contributed by atoms with Crippen molar-refractivity contribution in [3.8, 4) is 0 Å². The number of nitrogens with one attached hydrogen (secondary N) is 1. The molecule has 0 fully saturated rings. The molecule has 0 aliphatic heterocycles. The zero-order valence-electron chi connectivity index (χ0n) is 8.95. The fraction of sp³-hybridized carbons (Fsp3) is 0.333. The van der Waals surface area contributed by atoms with Crippen LogP contribution in [0.4, 0.5) is 18.9 Å². The van der Waals surface area contributed by atoms with Crippen LogP contribution in [0.3, 0.4) is 0 Å². The van der Waals surface area contributed by atoms with Gasteiger partial charge < -0.3 is 10.3 Å². The largest absolute Gasteiger partial charge is 0.406 e. The number of aromatic nitrogens is 1. The normalized spacial score (nSPS) is 11.1. The topological polar surface area (TPSA) is 71.2 Å². The standard InChI is InChI=1S/C9H11F3N4O/c1-16(5-9(10,11)12)8(17)7-3-2-6(15-13)4-14-7/h2-4,15H,5,13H2,1H3. The maximum Gasteiger partial charge on any atom is 0.406 e. The molecule has 8 heteroatoms. The Hall–Kier alpha value is -1.83. The van der Waals surface area contributed by atoms with Crippen LogP contribution in [0.2, 0.25) is 0 Å². The number of amides is 1. The molecular formula is C9H11F3N4O. The molecule has 0 spiro atoms. The van der Waals surface area contributed by atoms with E-state index in [0.717, 1.165) is 7.05 Å². The van der Waals surface area contributed by atoms with E-state index < -0.39 is 18.6 Å². The molecule has 1 aromatic rings. The Morgan fingerprint density at radius 2 is 2.18 bits per heavy atom. The van der Waals surface area contributed by atoms with Crippen LogP contribution in [0, 0.1) is 0 Å². The van der Waals surface area contributed by atoms with Gasteiger partial charge in [0.15, 0.2) is 0 Å². The summed E-state index contributed by atoms with van der Waals surface area (Å²) in [6.07, 6.45) is -3.17. The molecule has 0 aromatic carbocycles. The molecule has 0 unspecified atom stereocenters. The lowest BCUT2D eigenvalue weighted by molar-refractivity contribution is -0.138. The number of hydrogen-bond acceptors (Lipinski definition) is 4. The Labute approximate surface area is 95.4 Å². The third-order valence-electron chi connectivity index (χ3n) is 1.91. The minimum atomic E-state index is -4.43. The number of nitrogen functional groups attached to an aromatic ring is 1. The van der Waals surface area contributed by atoms with Crippen molar-refractivity contribution in [2.75, 3.05) is 19.0 Å². The first-order valence-corrected chi connectivity index (χ1v) is 4.58. The molecule has 1 rings (SSSR count). The van der Waals surface area contributed by atoms with Crippen molar-refractivity contribution >= 4 is 11.6 Å². The SMILES string of the molecule is CN(CC(F)(F)F)C(=O)c1ccc(NN)cn1. The smallest absolute Gasteiger partial charge is 0.331 e. The minimum absolute atomic E-state index is 0.0734. The van der Waals surface area contributed by atoms with Crippen LogP contribution in [-0.4, -0.2) is 35.6 Å². The molecule has 5 nitrogen and oxygen atoms in total. The van der Waals surface area contributed by atoms with Crippen molar-refractivity contribution in [2.45, 2.75) is 6.18 Å². The molecule has 94 valence electrons. The van der Waals surface area contributed by atoms with Gasteiger partial charge in [0.05, 0.1) is 11.9 Å². The van der Waals surface area contributed by atoms with Gasteiger partial charge in [0.25, 0.3) is 5.91 Å². The Balaban J connectivity index is 2.75. The second-order valence-corrected chi connectivity index (χ2v) is 3.35. The molecule has 0 saturated carbocycles. The van der Waals surface area contributed by atoms with Crippen molar-refractivity contribution in [3.63, 3.8) is 0 Å². The van der Waals surface area contributed by atoms with E-state index in [0.29, 0.717) is 10.6 Å². The molecule has 17 heavy (non-hydrogen) atoms. The highest BCUT2D eigenvalue weighted by molar-refractivity contribution is 5.92. The molecule has 1 heterocycles. The minimum Gasteiger partial charge on any atom is -0.331 e. The fourth-order valence-electron chi connectivity index (χ4n) is 1.14. The van der Waals surface area contributed by atoms with Crippen LogP contribution in [0.15, 0.2) is 18.3 Å². The summed E-state index contributed by atoms with van der Waals surface area (Å²) in [6.45, 7) is -1.32. The second-order valence-electron chi connectivity index (χ2n) is 3.35. The van der Waals surface area contributed by atoms with Gasteiger partial charge >= 0.3 is 6.18 Å². The van der Waals surface area contributed by atoms with E-state index in [1.54, 1.807) is 0 Å². The predicted molar refractivity (Wildman–Crippen MR) is 55.1 cm³/mol. The predicted octanol–water partition coefficient (Wildman–Crippen LogP) is 1.00. The number of carbonyl (C=O) groups is 1. The van der Waals surface area contributed by atoms with Crippen LogP contribution in [0.25, 0.3) is 0 Å². The number of anilines is 1. The molecule has 1 aromatic heterocycles. The van der Waals surface area contributed by atoms with Gasteiger partial charge in [-0.3, -0.25) is 10.6 Å². The van der Waals surface area contributed by atoms with Crippen molar-refractivity contribution in [1.29, 1.82) is 0 Å². The summed E-state index contributed by atoms with van der Waals surface area (Å²) in [5.74, 6) is 4.28. The molecule has 0 saturated heterocycles. The number of carbonyl (C=O) groups excluding carboxylic acids is 1. The van der Waals surface area contributed by atoms with Crippen LogP contribution in [0.5, 0.6) is 0 Å². The highest BCUT2D eigenvalue weighted by Gasteiger charge is 2.31. The average Bonchev–Trinajstić information content (AvgIpc) is 2.26. The maximum atomic E-state index is 12.1. The number of pyridine rings is 1. The van der Waals surface area contributed by atoms with Crippen molar-refractivity contribution in [2.24, 2.45) is 5.84 Å². The number of alkyl halides is 3. The Kier molecular flexibility index (Phi) is 3.89. The fourth-order valence-corrected chi connectivity index (χ4v) is 1.14. The Bertz CT molecular complexity index is 390. The van der Waals surface area contributed by atoms with Crippen LogP contribution in [-0.2, 0) is 0 Å². The van der Waals surface area contributed by atoms with Gasteiger partial charge in [-0.25, -0.2) is 4.98 Å². The monoisotopic (exact) mass is 248 g/mol. The second kappa shape index (κ2) is 5.00. The molecule has 0 bridgehead atoms. The highest BCUT2D eigenvalue weighted by atomic mass is 19.4. The summed E-state index contributed by atoms with van der Waals surface area (Å²) in [5.41, 5.74) is 2.68. The Morgan fingerprint density at radius 3 is 2.59 bits per heavy atom. The molecule has 1 amide bonds. The lowest BCUT2D eigenvalue weighted by Gasteiger charge is -2.18. The van der Waals surface area contributed by atoms with Gasteiger partial charge in [-0.2, -0.15) is 13.2 Å².